The monoisotopic (exact) mass is 211 g/mol. The first kappa shape index (κ1) is 13.1. The fourth-order valence-electron chi connectivity index (χ4n) is 0.755. The third-order valence-electron chi connectivity index (χ3n) is 1.38. The summed E-state index contributed by atoms with van der Waals surface area (Å²) in [5, 5.41) is 16.9. The number of nitrogens with two attached hydrogens (primary N) is 1. The Labute approximate surface area is 87.1 Å². The SMILES string of the molecule is CCN.O=C(O)c1ccc(C(=O)O)cc1. The third kappa shape index (κ3) is 4.78. The van der Waals surface area contributed by atoms with Crippen LogP contribution >= 0.6 is 0 Å². The minimum absolute atomic E-state index is 0.0833. The van der Waals surface area contributed by atoms with Crippen LogP contribution in [-0.4, -0.2) is 28.7 Å². The van der Waals surface area contributed by atoms with Crippen molar-refractivity contribution in [1.29, 1.82) is 0 Å². The second-order valence-electron chi connectivity index (χ2n) is 2.60. The van der Waals surface area contributed by atoms with Crippen LogP contribution in [0.3, 0.4) is 0 Å². The topological polar surface area (TPSA) is 101 Å². The van der Waals surface area contributed by atoms with Crippen LogP contribution < -0.4 is 5.73 Å². The molecule has 0 saturated heterocycles. The molecule has 1 aromatic rings. The Kier molecular flexibility index (Phi) is 5.73. The highest BCUT2D eigenvalue weighted by Crippen LogP contribution is 2.03. The zero-order chi connectivity index (χ0) is 11.8. The molecule has 0 aliphatic heterocycles. The van der Waals surface area contributed by atoms with E-state index >= 15 is 0 Å². The zero-order valence-corrected chi connectivity index (χ0v) is 8.30. The van der Waals surface area contributed by atoms with E-state index in [1.165, 1.54) is 24.3 Å². The fraction of sp³-hybridized carbons (Fsp3) is 0.200. The van der Waals surface area contributed by atoms with Gasteiger partial charge in [-0.2, -0.15) is 0 Å². The van der Waals surface area contributed by atoms with Crippen molar-refractivity contribution in [3.05, 3.63) is 35.4 Å². The molecule has 0 bridgehead atoms. The van der Waals surface area contributed by atoms with Crippen LogP contribution in [0.15, 0.2) is 24.3 Å². The molecule has 0 spiro atoms. The lowest BCUT2D eigenvalue weighted by Crippen LogP contribution is -1.99. The van der Waals surface area contributed by atoms with Gasteiger partial charge in [-0.25, -0.2) is 9.59 Å². The average Bonchev–Trinajstić information content (AvgIpc) is 2.19. The van der Waals surface area contributed by atoms with E-state index in [9.17, 15) is 9.59 Å². The van der Waals surface area contributed by atoms with Gasteiger partial charge in [0.05, 0.1) is 11.1 Å². The van der Waals surface area contributed by atoms with Crippen molar-refractivity contribution in [1.82, 2.24) is 0 Å². The molecule has 5 nitrogen and oxygen atoms in total. The van der Waals surface area contributed by atoms with Crippen molar-refractivity contribution in [2.45, 2.75) is 6.92 Å². The summed E-state index contributed by atoms with van der Waals surface area (Å²) >= 11 is 0. The van der Waals surface area contributed by atoms with Gasteiger partial charge in [0.2, 0.25) is 0 Å². The Balaban J connectivity index is 0.000000583. The van der Waals surface area contributed by atoms with Crippen LogP contribution in [-0.2, 0) is 0 Å². The van der Waals surface area contributed by atoms with Crippen molar-refractivity contribution in [3.8, 4) is 0 Å². The summed E-state index contributed by atoms with van der Waals surface area (Å²) < 4.78 is 0. The molecule has 0 atom stereocenters. The Bertz CT molecular complexity index is 299. The van der Waals surface area contributed by atoms with Crippen LogP contribution in [0.25, 0.3) is 0 Å². The Morgan fingerprint density at radius 2 is 1.27 bits per heavy atom. The fourth-order valence-corrected chi connectivity index (χ4v) is 0.755. The van der Waals surface area contributed by atoms with E-state index in [0.29, 0.717) is 0 Å². The Hall–Kier alpha value is -1.88. The Morgan fingerprint density at radius 1 is 1.07 bits per heavy atom. The van der Waals surface area contributed by atoms with E-state index in [4.69, 9.17) is 15.9 Å². The number of rotatable bonds is 2. The lowest BCUT2D eigenvalue weighted by Gasteiger charge is -1.94. The number of hydrogen-bond donors (Lipinski definition) is 3. The highest BCUT2D eigenvalue weighted by molar-refractivity contribution is 5.91. The highest BCUT2D eigenvalue weighted by Gasteiger charge is 2.04. The number of carboxylic acids is 2. The van der Waals surface area contributed by atoms with E-state index in [1.54, 1.807) is 0 Å². The molecule has 0 aliphatic rings. The highest BCUT2D eigenvalue weighted by atomic mass is 16.4. The van der Waals surface area contributed by atoms with Crippen molar-refractivity contribution in [2.24, 2.45) is 5.73 Å². The van der Waals surface area contributed by atoms with Crippen LogP contribution in [0.2, 0.25) is 0 Å². The standard InChI is InChI=1S/C8H6O4.C2H7N/c9-7(10)5-1-2-6(4-3-5)8(11)12;1-2-3/h1-4H,(H,9,10)(H,11,12);2-3H2,1H3. The molecule has 0 aromatic heterocycles. The summed E-state index contributed by atoms with van der Waals surface area (Å²) in [5.74, 6) is -2.13. The van der Waals surface area contributed by atoms with Gasteiger partial charge in [-0.05, 0) is 30.8 Å². The molecular formula is C10H13NO4. The molecule has 82 valence electrons. The summed E-state index contributed by atoms with van der Waals surface area (Å²) in [6, 6.07) is 5.02. The molecule has 4 N–H and O–H groups in total. The largest absolute Gasteiger partial charge is 0.478 e. The summed E-state index contributed by atoms with van der Waals surface area (Å²) in [7, 11) is 0. The predicted molar refractivity (Wildman–Crippen MR) is 55.1 cm³/mol. The number of carboxylic acid groups (broad SMARTS) is 2. The minimum atomic E-state index is -1.06. The Morgan fingerprint density at radius 3 is 1.40 bits per heavy atom. The van der Waals surface area contributed by atoms with Crippen LogP contribution in [0.5, 0.6) is 0 Å². The molecular weight excluding hydrogens is 198 g/mol. The van der Waals surface area contributed by atoms with Gasteiger partial charge in [-0.15, -0.1) is 0 Å². The van der Waals surface area contributed by atoms with Crippen molar-refractivity contribution in [3.63, 3.8) is 0 Å². The third-order valence-corrected chi connectivity index (χ3v) is 1.38. The van der Waals surface area contributed by atoms with E-state index < -0.39 is 11.9 Å². The molecule has 0 unspecified atom stereocenters. The molecule has 1 aromatic carbocycles. The second-order valence-corrected chi connectivity index (χ2v) is 2.60. The first-order chi connectivity index (χ1) is 7.02. The molecule has 0 radical (unpaired) electrons. The summed E-state index contributed by atoms with van der Waals surface area (Å²) in [4.78, 5) is 20.7. The number of carbonyl (C=O) groups is 2. The van der Waals surface area contributed by atoms with Crippen LogP contribution in [0.1, 0.15) is 27.6 Å². The maximum atomic E-state index is 10.3. The van der Waals surface area contributed by atoms with Crippen molar-refractivity contribution >= 4 is 11.9 Å². The molecule has 0 fully saturated rings. The maximum absolute atomic E-state index is 10.3. The molecule has 15 heavy (non-hydrogen) atoms. The van der Waals surface area contributed by atoms with Crippen molar-refractivity contribution in [2.75, 3.05) is 6.54 Å². The molecule has 5 heteroatoms. The zero-order valence-electron chi connectivity index (χ0n) is 8.30. The average molecular weight is 211 g/mol. The second kappa shape index (κ2) is 6.56. The van der Waals surface area contributed by atoms with Gasteiger partial charge in [-0.3, -0.25) is 0 Å². The molecule has 0 heterocycles. The van der Waals surface area contributed by atoms with Gasteiger partial charge in [-0.1, -0.05) is 6.92 Å². The van der Waals surface area contributed by atoms with Crippen molar-refractivity contribution < 1.29 is 19.8 Å². The lowest BCUT2D eigenvalue weighted by molar-refractivity contribution is 0.0681. The summed E-state index contributed by atoms with van der Waals surface area (Å²) in [6.07, 6.45) is 0. The van der Waals surface area contributed by atoms with E-state index in [-0.39, 0.29) is 11.1 Å². The maximum Gasteiger partial charge on any atom is 0.335 e. The number of benzene rings is 1. The summed E-state index contributed by atoms with van der Waals surface area (Å²) in [6.45, 7) is 2.65. The van der Waals surface area contributed by atoms with E-state index in [2.05, 4.69) is 0 Å². The quantitative estimate of drug-likeness (QED) is 0.678. The normalized spacial score (nSPS) is 8.67. The molecule has 0 aliphatic carbocycles. The first-order valence-electron chi connectivity index (χ1n) is 4.29. The van der Waals surface area contributed by atoms with Gasteiger partial charge >= 0.3 is 11.9 Å². The van der Waals surface area contributed by atoms with Gasteiger partial charge in [0.25, 0.3) is 0 Å². The molecule has 0 saturated carbocycles. The predicted octanol–water partition coefficient (Wildman–Crippen LogP) is 1.05. The minimum Gasteiger partial charge on any atom is -0.478 e. The molecule has 1 rings (SSSR count). The van der Waals surface area contributed by atoms with Gasteiger partial charge in [0, 0.05) is 0 Å². The lowest BCUT2D eigenvalue weighted by atomic mass is 10.1. The van der Waals surface area contributed by atoms with Gasteiger partial charge in [0.15, 0.2) is 0 Å². The van der Waals surface area contributed by atoms with E-state index in [0.717, 1.165) is 6.54 Å². The van der Waals surface area contributed by atoms with Gasteiger partial charge in [0.1, 0.15) is 0 Å². The smallest absolute Gasteiger partial charge is 0.335 e. The summed E-state index contributed by atoms with van der Waals surface area (Å²) in [5.41, 5.74) is 5.01. The number of aromatic carboxylic acids is 2. The van der Waals surface area contributed by atoms with E-state index in [1.807, 2.05) is 6.92 Å². The molecule has 0 amide bonds. The van der Waals surface area contributed by atoms with Crippen LogP contribution in [0.4, 0.5) is 0 Å². The van der Waals surface area contributed by atoms with Gasteiger partial charge < -0.3 is 15.9 Å². The number of hydrogen-bond acceptors (Lipinski definition) is 3. The van der Waals surface area contributed by atoms with Crippen LogP contribution in [0, 0.1) is 0 Å². The first-order valence-corrected chi connectivity index (χ1v) is 4.29.